The Morgan fingerprint density at radius 3 is 2.89 bits per heavy atom. The summed E-state index contributed by atoms with van der Waals surface area (Å²) in [5.74, 6) is 0.476. The van der Waals surface area contributed by atoms with Crippen molar-refractivity contribution in [2.45, 2.75) is 18.9 Å². The molecule has 0 bridgehead atoms. The highest BCUT2D eigenvalue weighted by Crippen LogP contribution is 2.26. The van der Waals surface area contributed by atoms with E-state index in [1.807, 2.05) is 0 Å². The summed E-state index contributed by atoms with van der Waals surface area (Å²) < 4.78 is 10.5. The predicted molar refractivity (Wildman–Crippen MR) is 73.3 cm³/mol. The van der Waals surface area contributed by atoms with Crippen LogP contribution in [0.3, 0.4) is 0 Å². The first-order chi connectivity index (χ1) is 9.17. The summed E-state index contributed by atoms with van der Waals surface area (Å²) in [6.07, 6.45) is 2.06. The van der Waals surface area contributed by atoms with Gasteiger partial charge < -0.3 is 20.1 Å². The average molecular weight is 264 g/mol. The largest absolute Gasteiger partial charge is 0.495 e. The zero-order chi connectivity index (χ0) is 13.8. The molecule has 2 N–H and O–H groups in total. The lowest BCUT2D eigenvalue weighted by atomic mass is 10.1. The Balaban J connectivity index is 2.19. The summed E-state index contributed by atoms with van der Waals surface area (Å²) in [6, 6.07) is 5.26. The molecule has 1 amide bonds. The van der Waals surface area contributed by atoms with E-state index < -0.39 is 0 Å². The number of benzene rings is 1. The van der Waals surface area contributed by atoms with Gasteiger partial charge in [-0.25, -0.2) is 0 Å². The SMILES string of the molecule is COc1cccc(C(=O)N2CCCC(OC)C2)c1N. The van der Waals surface area contributed by atoms with Crippen molar-refractivity contribution < 1.29 is 14.3 Å². The van der Waals surface area contributed by atoms with Crippen molar-refractivity contribution >= 4 is 11.6 Å². The molecule has 1 aromatic rings. The first-order valence-electron chi connectivity index (χ1n) is 6.42. The highest BCUT2D eigenvalue weighted by molar-refractivity contribution is 6.00. The van der Waals surface area contributed by atoms with Crippen molar-refractivity contribution in [2.75, 3.05) is 33.0 Å². The van der Waals surface area contributed by atoms with Gasteiger partial charge in [-0.15, -0.1) is 0 Å². The Hall–Kier alpha value is -1.75. The van der Waals surface area contributed by atoms with E-state index in [1.165, 1.54) is 0 Å². The maximum atomic E-state index is 12.5. The summed E-state index contributed by atoms with van der Waals surface area (Å²) >= 11 is 0. The van der Waals surface area contributed by atoms with Crippen LogP contribution in [0, 0.1) is 0 Å². The highest BCUT2D eigenvalue weighted by atomic mass is 16.5. The maximum absolute atomic E-state index is 12.5. The maximum Gasteiger partial charge on any atom is 0.256 e. The molecular formula is C14H20N2O3. The smallest absolute Gasteiger partial charge is 0.256 e. The predicted octanol–water partition coefficient (Wildman–Crippen LogP) is 1.53. The molecule has 5 nitrogen and oxygen atoms in total. The number of nitrogens with two attached hydrogens (primary N) is 1. The van der Waals surface area contributed by atoms with E-state index in [-0.39, 0.29) is 12.0 Å². The number of ether oxygens (including phenoxy) is 2. The molecule has 1 aromatic carbocycles. The van der Waals surface area contributed by atoms with Crippen molar-refractivity contribution in [3.63, 3.8) is 0 Å². The van der Waals surface area contributed by atoms with Crippen LogP contribution < -0.4 is 10.5 Å². The van der Waals surface area contributed by atoms with Gasteiger partial charge in [-0.3, -0.25) is 4.79 Å². The summed E-state index contributed by atoms with van der Waals surface area (Å²) in [5.41, 5.74) is 6.86. The molecule has 1 saturated heterocycles. The van der Waals surface area contributed by atoms with Gasteiger partial charge in [0.2, 0.25) is 0 Å². The highest BCUT2D eigenvalue weighted by Gasteiger charge is 2.25. The minimum atomic E-state index is -0.0573. The van der Waals surface area contributed by atoms with Gasteiger partial charge in [-0.1, -0.05) is 6.07 Å². The third kappa shape index (κ3) is 2.81. The van der Waals surface area contributed by atoms with Crippen LogP contribution in [0.5, 0.6) is 5.75 Å². The van der Waals surface area contributed by atoms with E-state index in [0.717, 1.165) is 19.4 Å². The van der Waals surface area contributed by atoms with Gasteiger partial charge in [-0.05, 0) is 25.0 Å². The molecule has 19 heavy (non-hydrogen) atoms. The number of carbonyl (C=O) groups excluding carboxylic acids is 1. The van der Waals surface area contributed by atoms with Gasteiger partial charge >= 0.3 is 0 Å². The van der Waals surface area contributed by atoms with E-state index in [4.69, 9.17) is 15.2 Å². The Kier molecular flexibility index (Phi) is 4.27. The molecule has 0 radical (unpaired) electrons. The number of methoxy groups -OCH3 is 2. The summed E-state index contributed by atoms with van der Waals surface area (Å²) in [6.45, 7) is 1.36. The molecule has 1 atom stereocenters. The number of nitrogen functional groups attached to an aromatic ring is 1. The number of nitrogens with zero attached hydrogens (tertiary/aromatic N) is 1. The quantitative estimate of drug-likeness (QED) is 0.841. The molecule has 1 heterocycles. The normalized spacial score (nSPS) is 19.3. The Morgan fingerprint density at radius 2 is 2.21 bits per heavy atom. The summed E-state index contributed by atoms with van der Waals surface area (Å²) in [5, 5.41) is 0. The number of para-hydroxylation sites is 1. The lowest BCUT2D eigenvalue weighted by Gasteiger charge is -2.32. The topological polar surface area (TPSA) is 64.8 Å². The van der Waals surface area contributed by atoms with Crippen LogP contribution in [-0.4, -0.2) is 44.2 Å². The fourth-order valence-electron chi connectivity index (χ4n) is 2.39. The van der Waals surface area contributed by atoms with Gasteiger partial charge in [0, 0.05) is 20.2 Å². The van der Waals surface area contributed by atoms with Gasteiger partial charge in [0.15, 0.2) is 0 Å². The zero-order valence-corrected chi connectivity index (χ0v) is 11.4. The first-order valence-corrected chi connectivity index (χ1v) is 6.42. The van der Waals surface area contributed by atoms with E-state index in [2.05, 4.69) is 0 Å². The second-order valence-electron chi connectivity index (χ2n) is 4.67. The monoisotopic (exact) mass is 264 g/mol. The molecular weight excluding hydrogens is 244 g/mol. The van der Waals surface area contributed by atoms with Crippen LogP contribution in [0.1, 0.15) is 23.2 Å². The standard InChI is InChI=1S/C14H20N2O3/c1-18-10-5-4-8-16(9-10)14(17)11-6-3-7-12(19-2)13(11)15/h3,6-7,10H,4-5,8-9,15H2,1-2H3. The van der Waals surface area contributed by atoms with Gasteiger partial charge in [0.1, 0.15) is 5.75 Å². The number of hydrogen-bond donors (Lipinski definition) is 1. The Bertz CT molecular complexity index is 462. The van der Waals surface area contributed by atoms with Crippen LogP contribution in [0.15, 0.2) is 18.2 Å². The minimum absolute atomic E-state index is 0.0573. The van der Waals surface area contributed by atoms with Gasteiger partial charge in [0.25, 0.3) is 5.91 Å². The molecule has 0 aliphatic carbocycles. The van der Waals surface area contributed by atoms with Crippen LogP contribution in [0.2, 0.25) is 0 Å². The second kappa shape index (κ2) is 5.93. The van der Waals surface area contributed by atoms with Crippen molar-refractivity contribution in [2.24, 2.45) is 0 Å². The molecule has 1 aliphatic rings. The number of rotatable bonds is 3. The number of carbonyl (C=O) groups is 1. The number of amides is 1. The molecule has 0 saturated carbocycles. The van der Waals surface area contributed by atoms with Crippen LogP contribution in [0.25, 0.3) is 0 Å². The molecule has 0 aromatic heterocycles. The number of hydrogen-bond acceptors (Lipinski definition) is 4. The summed E-state index contributed by atoms with van der Waals surface area (Å²) in [7, 11) is 3.22. The van der Waals surface area contributed by atoms with E-state index >= 15 is 0 Å². The van der Waals surface area contributed by atoms with Crippen molar-refractivity contribution in [3.8, 4) is 5.75 Å². The molecule has 2 rings (SSSR count). The molecule has 104 valence electrons. The molecule has 0 spiro atoms. The number of likely N-dealkylation sites (tertiary alicyclic amines) is 1. The third-order valence-corrected chi connectivity index (χ3v) is 3.52. The van der Waals surface area contributed by atoms with E-state index in [0.29, 0.717) is 23.5 Å². The lowest BCUT2D eigenvalue weighted by Crippen LogP contribution is -2.43. The number of piperidine rings is 1. The third-order valence-electron chi connectivity index (χ3n) is 3.52. The number of anilines is 1. The lowest BCUT2D eigenvalue weighted by molar-refractivity contribution is 0.0269. The van der Waals surface area contributed by atoms with Gasteiger partial charge in [0.05, 0.1) is 24.5 Å². The molecule has 1 unspecified atom stereocenters. The average Bonchev–Trinajstić information content (AvgIpc) is 2.47. The second-order valence-corrected chi connectivity index (χ2v) is 4.67. The molecule has 1 aliphatic heterocycles. The van der Waals surface area contributed by atoms with Crippen molar-refractivity contribution in [1.29, 1.82) is 0 Å². The minimum Gasteiger partial charge on any atom is -0.495 e. The Morgan fingerprint density at radius 1 is 1.42 bits per heavy atom. The molecule has 1 fully saturated rings. The van der Waals surface area contributed by atoms with E-state index in [1.54, 1.807) is 37.3 Å². The van der Waals surface area contributed by atoms with E-state index in [9.17, 15) is 4.79 Å². The van der Waals surface area contributed by atoms with Crippen molar-refractivity contribution in [1.82, 2.24) is 4.90 Å². The fourth-order valence-corrected chi connectivity index (χ4v) is 2.39. The van der Waals surface area contributed by atoms with Crippen LogP contribution >= 0.6 is 0 Å². The van der Waals surface area contributed by atoms with Crippen molar-refractivity contribution in [3.05, 3.63) is 23.8 Å². The van der Waals surface area contributed by atoms with Crippen LogP contribution in [-0.2, 0) is 4.74 Å². The fraction of sp³-hybridized carbons (Fsp3) is 0.500. The zero-order valence-electron chi connectivity index (χ0n) is 11.4. The van der Waals surface area contributed by atoms with Gasteiger partial charge in [-0.2, -0.15) is 0 Å². The summed E-state index contributed by atoms with van der Waals surface area (Å²) in [4.78, 5) is 14.3. The van der Waals surface area contributed by atoms with Crippen LogP contribution in [0.4, 0.5) is 5.69 Å². The first kappa shape index (κ1) is 13.7. The molecule has 5 heteroatoms. The Labute approximate surface area is 113 Å².